The molecule has 5 aliphatic rings. The maximum Gasteiger partial charge on any atom is 0.339 e. The van der Waals surface area contributed by atoms with Crippen LogP contribution in [0.4, 0.5) is 0 Å². The number of allylic oxidation sites excluding steroid dienone is 3. The monoisotopic (exact) mass is 832 g/mol. The topological polar surface area (TPSA) is 165 Å². The van der Waals surface area contributed by atoms with Gasteiger partial charge in [-0.05, 0) is 38.3 Å². The number of hydrogen-bond donors (Lipinski definition) is 2. The Hall–Kier alpha value is -4.43. The lowest BCUT2D eigenvalue weighted by Gasteiger charge is -2.49. The molecule has 2 aromatic rings. The molecular formula is C43H49BrN2O10. The zero-order chi connectivity index (χ0) is 39.2. The fourth-order valence-corrected chi connectivity index (χ4v) is 9.36. The number of methoxy groups -OCH3 is 1. The minimum atomic E-state index is -1.04. The minimum absolute atomic E-state index is 0. The van der Waals surface area contributed by atoms with E-state index in [0.717, 1.165) is 5.57 Å². The van der Waals surface area contributed by atoms with Gasteiger partial charge in [0.15, 0.2) is 25.0 Å². The number of esters is 3. The van der Waals surface area contributed by atoms with Gasteiger partial charge in [0, 0.05) is 60.0 Å². The van der Waals surface area contributed by atoms with Crippen molar-refractivity contribution in [3.8, 4) is 0 Å². The van der Waals surface area contributed by atoms with Gasteiger partial charge in [-0.25, -0.2) is 19.0 Å². The van der Waals surface area contributed by atoms with Crippen molar-refractivity contribution in [2.45, 2.75) is 89.3 Å². The standard InChI is InChI=1S/C43H48N2O10.BrH/c1-23-20-24(2)43-30(14-15-32-34(43)35(46)25(3)37(38(32)55-43)54-40(48)28-10-6-7-11-28)21-33(51-5)42(50)53-36(23)26(4)52-41(49)31-13-9-8-12-29(31)22-45-18-16-27(17-19-45)39(44)47;/h6-10,12-20,23,25-26,30,32-38,46H,11,21-22H2,1-5H3,(H-,44,47);1H/b24-20+;/t23-,25-,26-,30?,32-,33+,34+,35-,36+,37-,38-,43+;/m1./s1. The summed E-state index contributed by atoms with van der Waals surface area (Å²) < 4.78 is 33.0. The van der Waals surface area contributed by atoms with E-state index in [9.17, 15) is 24.3 Å². The number of cyclic esters (lactones) is 1. The number of aliphatic hydroxyl groups is 1. The molecule has 1 saturated heterocycles. The molecule has 1 aromatic heterocycles. The normalized spacial score (nSPS) is 34.4. The van der Waals surface area contributed by atoms with Crippen LogP contribution in [0.2, 0.25) is 0 Å². The number of amides is 1. The molecule has 2 fully saturated rings. The Labute approximate surface area is 337 Å². The summed E-state index contributed by atoms with van der Waals surface area (Å²) >= 11 is 0. The van der Waals surface area contributed by atoms with Crippen molar-refractivity contribution in [3.63, 3.8) is 0 Å². The Balaban J connectivity index is 0.00000532. The molecule has 1 aromatic carbocycles. The van der Waals surface area contributed by atoms with Crippen molar-refractivity contribution in [2.24, 2.45) is 35.3 Å². The number of halogens is 1. The Morgan fingerprint density at radius 2 is 1.82 bits per heavy atom. The SMILES string of the molecule is CO[C@H]1CC2C=C[C@H]3[C@H]4O[C@]2(/C(C)=C/[C@@H](C)[C@@H]([C@@H](C)OC(=O)c2ccccc2C[n+]2ccc(C(N)=O)cc2)OC1=O)[C@@H]3[C@H](O)[C@@H](C)[C@H]4OC(=O)C1=CC=CC1.[Br-]. The molecule has 0 radical (unpaired) electrons. The van der Waals surface area contributed by atoms with Crippen LogP contribution in [0.15, 0.2) is 96.4 Å². The number of benzene rings is 1. The van der Waals surface area contributed by atoms with E-state index in [4.69, 9.17) is 29.4 Å². The van der Waals surface area contributed by atoms with Gasteiger partial charge < -0.3 is 51.5 Å². The summed E-state index contributed by atoms with van der Waals surface area (Å²) in [5.41, 5.74) is 7.15. The number of pyridine rings is 1. The number of carbonyl (C=O) groups excluding carboxylic acids is 4. The van der Waals surface area contributed by atoms with E-state index in [1.165, 1.54) is 7.11 Å². The zero-order valence-corrected chi connectivity index (χ0v) is 33.7. The molecule has 12 atom stereocenters. The lowest BCUT2D eigenvalue weighted by Crippen LogP contribution is -3.00. The lowest BCUT2D eigenvalue weighted by molar-refractivity contribution is -0.688. The largest absolute Gasteiger partial charge is 1.00 e. The summed E-state index contributed by atoms with van der Waals surface area (Å²) in [6.07, 6.45) is 10.8. The molecule has 56 heavy (non-hydrogen) atoms. The second kappa shape index (κ2) is 16.6. The molecule has 7 rings (SSSR count). The number of aliphatic hydroxyl groups excluding tert-OH is 1. The molecule has 12 nitrogen and oxygen atoms in total. The van der Waals surface area contributed by atoms with Crippen molar-refractivity contribution >= 4 is 23.8 Å². The highest BCUT2D eigenvalue weighted by atomic mass is 79.9. The molecule has 3 aliphatic carbocycles. The molecule has 3 N–H and O–H groups in total. The van der Waals surface area contributed by atoms with Crippen LogP contribution in [0.25, 0.3) is 0 Å². The van der Waals surface area contributed by atoms with Crippen LogP contribution < -0.4 is 27.3 Å². The number of aromatic nitrogens is 1. The van der Waals surface area contributed by atoms with Gasteiger partial charge in [-0.2, -0.15) is 0 Å². The number of nitrogens with zero attached hydrogens (tertiary/aromatic N) is 1. The Kier molecular flexibility index (Phi) is 12.2. The third-order valence-electron chi connectivity index (χ3n) is 12.2. The number of carbonyl (C=O) groups is 4. The molecule has 1 saturated carbocycles. The Bertz CT molecular complexity index is 1980. The van der Waals surface area contributed by atoms with E-state index in [1.807, 2.05) is 67.9 Å². The number of nitrogens with two attached hydrogens (primary N) is 1. The van der Waals surface area contributed by atoms with Gasteiger partial charge in [0.05, 0.1) is 17.2 Å². The van der Waals surface area contributed by atoms with Gasteiger partial charge in [0.1, 0.15) is 30.0 Å². The zero-order valence-electron chi connectivity index (χ0n) is 32.1. The molecule has 4 bridgehead atoms. The molecule has 13 heteroatoms. The van der Waals surface area contributed by atoms with Crippen LogP contribution in [-0.2, 0) is 39.8 Å². The number of ether oxygens (including phenoxy) is 5. The second-order valence-electron chi connectivity index (χ2n) is 15.5. The summed E-state index contributed by atoms with van der Waals surface area (Å²) in [6, 6.07) is 10.3. The van der Waals surface area contributed by atoms with Crippen molar-refractivity contribution < 1.29 is 69.5 Å². The summed E-state index contributed by atoms with van der Waals surface area (Å²) in [4.78, 5) is 52.4. The summed E-state index contributed by atoms with van der Waals surface area (Å²) in [5, 5.41) is 12.0. The Morgan fingerprint density at radius 3 is 2.50 bits per heavy atom. The second-order valence-corrected chi connectivity index (χ2v) is 15.5. The summed E-state index contributed by atoms with van der Waals surface area (Å²) in [6.45, 7) is 7.78. The highest BCUT2D eigenvalue weighted by Gasteiger charge is 2.69. The van der Waals surface area contributed by atoms with Crippen molar-refractivity contribution in [1.82, 2.24) is 0 Å². The predicted molar refractivity (Wildman–Crippen MR) is 198 cm³/mol. The van der Waals surface area contributed by atoms with Gasteiger partial charge in [-0.3, -0.25) is 4.79 Å². The minimum Gasteiger partial charge on any atom is -1.00 e. The maximum atomic E-state index is 13.9. The van der Waals surface area contributed by atoms with Crippen LogP contribution in [0, 0.1) is 29.6 Å². The summed E-state index contributed by atoms with van der Waals surface area (Å²) in [5.74, 6) is -4.00. The van der Waals surface area contributed by atoms with E-state index >= 15 is 0 Å². The molecule has 3 heterocycles. The smallest absolute Gasteiger partial charge is 0.339 e. The maximum absolute atomic E-state index is 13.9. The quantitative estimate of drug-likeness (QED) is 0.161. The fraction of sp³-hybridized carbons (Fsp3) is 0.465. The van der Waals surface area contributed by atoms with Gasteiger partial charge in [0.2, 0.25) is 5.91 Å². The third kappa shape index (κ3) is 7.42. The molecular weight excluding hydrogens is 784 g/mol. The fourth-order valence-electron chi connectivity index (χ4n) is 9.36. The number of primary amides is 1. The van der Waals surface area contributed by atoms with E-state index in [2.05, 4.69) is 0 Å². The molecule has 298 valence electrons. The Morgan fingerprint density at radius 1 is 1.09 bits per heavy atom. The lowest BCUT2D eigenvalue weighted by atomic mass is 9.57. The van der Waals surface area contributed by atoms with Crippen LogP contribution in [0.1, 0.15) is 66.8 Å². The summed E-state index contributed by atoms with van der Waals surface area (Å²) in [7, 11) is 1.45. The third-order valence-corrected chi connectivity index (χ3v) is 12.2. The number of hydrogen-bond acceptors (Lipinski definition) is 10. The van der Waals surface area contributed by atoms with Crippen LogP contribution in [-0.4, -0.2) is 78.3 Å². The van der Waals surface area contributed by atoms with Gasteiger partial charge in [0.25, 0.3) is 0 Å². The first-order valence-electron chi connectivity index (χ1n) is 18.9. The van der Waals surface area contributed by atoms with Crippen LogP contribution >= 0.6 is 0 Å². The average molecular weight is 834 g/mol. The molecule has 2 aliphatic heterocycles. The van der Waals surface area contributed by atoms with E-state index < -0.39 is 77.9 Å². The van der Waals surface area contributed by atoms with E-state index in [-0.39, 0.29) is 41.2 Å². The first-order chi connectivity index (χ1) is 26.3. The number of rotatable bonds is 9. The van der Waals surface area contributed by atoms with Gasteiger partial charge >= 0.3 is 17.9 Å². The highest BCUT2D eigenvalue weighted by molar-refractivity contribution is 5.92. The van der Waals surface area contributed by atoms with Gasteiger partial charge in [-0.1, -0.05) is 68.5 Å². The van der Waals surface area contributed by atoms with Crippen LogP contribution in [0.5, 0.6) is 0 Å². The average Bonchev–Trinajstić information content (AvgIpc) is 3.77. The molecule has 1 amide bonds. The molecule has 1 unspecified atom stereocenters. The van der Waals surface area contributed by atoms with Crippen LogP contribution in [0.3, 0.4) is 0 Å². The first kappa shape index (κ1) is 41.2. The van der Waals surface area contributed by atoms with E-state index in [1.54, 1.807) is 49.7 Å². The van der Waals surface area contributed by atoms with Crippen molar-refractivity contribution in [3.05, 3.63) is 113 Å². The van der Waals surface area contributed by atoms with E-state index in [0.29, 0.717) is 35.2 Å². The first-order valence-corrected chi connectivity index (χ1v) is 18.9. The van der Waals surface area contributed by atoms with Crippen molar-refractivity contribution in [1.29, 1.82) is 0 Å². The predicted octanol–water partition coefficient (Wildman–Crippen LogP) is 0.948. The van der Waals surface area contributed by atoms with Gasteiger partial charge in [-0.15, -0.1) is 0 Å². The molecule has 1 spiro atoms. The van der Waals surface area contributed by atoms with Crippen molar-refractivity contribution in [2.75, 3.05) is 7.11 Å². The highest BCUT2D eigenvalue weighted by Crippen LogP contribution is 2.61.